The average molecular weight is 279 g/mol. The zero-order chi connectivity index (χ0) is 14.0. The first-order chi connectivity index (χ1) is 9.00. The van der Waals surface area contributed by atoms with Crippen molar-refractivity contribution in [2.45, 2.75) is 6.92 Å². The number of aromatic nitrogens is 1. The summed E-state index contributed by atoms with van der Waals surface area (Å²) in [5, 5.41) is 12.5. The van der Waals surface area contributed by atoms with Crippen molar-refractivity contribution >= 4 is 40.1 Å². The molecular weight excluding hydrogens is 268 g/mol. The summed E-state index contributed by atoms with van der Waals surface area (Å²) >= 11 is 6.01. The van der Waals surface area contributed by atoms with Gasteiger partial charge in [0.1, 0.15) is 5.92 Å². The molecule has 2 N–H and O–H groups in total. The summed E-state index contributed by atoms with van der Waals surface area (Å²) in [6.45, 7) is 1.33. The number of benzene rings is 1. The van der Waals surface area contributed by atoms with Crippen LogP contribution in [-0.4, -0.2) is 22.0 Å². The highest BCUT2D eigenvalue weighted by molar-refractivity contribution is 6.35. The van der Waals surface area contributed by atoms with Gasteiger partial charge in [-0.3, -0.25) is 14.6 Å². The number of hydrogen-bond donors (Lipinski definition) is 2. The molecule has 0 aliphatic carbocycles. The van der Waals surface area contributed by atoms with Crippen LogP contribution in [-0.2, 0) is 9.59 Å². The van der Waals surface area contributed by atoms with Crippen LogP contribution in [0.4, 0.5) is 5.69 Å². The molecule has 1 aromatic heterocycles. The molecule has 0 aliphatic rings. The molecule has 0 fully saturated rings. The number of amides is 1. The van der Waals surface area contributed by atoms with E-state index in [1.54, 1.807) is 30.5 Å². The summed E-state index contributed by atoms with van der Waals surface area (Å²) < 4.78 is 0. The van der Waals surface area contributed by atoms with Gasteiger partial charge in [0.25, 0.3) is 0 Å². The van der Waals surface area contributed by atoms with Crippen LogP contribution in [0.5, 0.6) is 0 Å². The Balaban J connectivity index is 2.39. The lowest BCUT2D eigenvalue weighted by molar-refractivity contribution is -0.144. The fraction of sp³-hybridized carbons (Fsp3) is 0.154. The van der Waals surface area contributed by atoms with E-state index in [0.717, 1.165) is 0 Å². The zero-order valence-electron chi connectivity index (χ0n) is 10.1. The van der Waals surface area contributed by atoms with Gasteiger partial charge in [-0.1, -0.05) is 11.6 Å². The normalized spacial score (nSPS) is 12.1. The van der Waals surface area contributed by atoms with Crippen LogP contribution in [0, 0.1) is 5.92 Å². The van der Waals surface area contributed by atoms with E-state index in [9.17, 15) is 9.59 Å². The third-order valence-electron chi connectivity index (χ3n) is 2.74. The molecule has 6 heteroatoms. The lowest BCUT2D eigenvalue weighted by Crippen LogP contribution is -2.26. The second-order valence-corrected chi connectivity index (χ2v) is 4.45. The number of hydrogen-bond acceptors (Lipinski definition) is 3. The molecule has 2 aromatic rings. The first-order valence-electron chi connectivity index (χ1n) is 5.57. The number of aliphatic carboxylic acids is 1. The number of anilines is 1. The lowest BCUT2D eigenvalue weighted by atomic mass is 10.1. The standard InChI is InChI=1S/C13H11ClN2O3/c1-7(13(18)19)12(17)16-10-5-4-9(14)11-8(10)3-2-6-15-11/h2-7H,1H3,(H,16,17)(H,18,19). The van der Waals surface area contributed by atoms with Gasteiger partial charge in [-0.2, -0.15) is 0 Å². The van der Waals surface area contributed by atoms with Gasteiger partial charge in [0.05, 0.1) is 16.2 Å². The summed E-state index contributed by atoms with van der Waals surface area (Å²) in [5.74, 6) is -2.88. The number of carbonyl (C=O) groups is 2. The Kier molecular flexibility index (Phi) is 3.66. The number of nitrogens with one attached hydrogen (secondary N) is 1. The largest absolute Gasteiger partial charge is 0.481 e. The SMILES string of the molecule is CC(C(=O)O)C(=O)Nc1ccc(Cl)c2ncccc12. The van der Waals surface area contributed by atoms with Crippen molar-refractivity contribution in [1.82, 2.24) is 4.98 Å². The van der Waals surface area contributed by atoms with Crippen molar-refractivity contribution in [3.05, 3.63) is 35.5 Å². The van der Waals surface area contributed by atoms with E-state index >= 15 is 0 Å². The number of fused-ring (bicyclic) bond motifs is 1. The molecule has 0 aliphatic heterocycles. The Hall–Kier alpha value is -2.14. The van der Waals surface area contributed by atoms with Crippen LogP contribution in [0.15, 0.2) is 30.5 Å². The highest BCUT2D eigenvalue weighted by Crippen LogP contribution is 2.28. The number of carboxylic acids is 1. The summed E-state index contributed by atoms with van der Waals surface area (Å²) in [6.07, 6.45) is 1.60. The van der Waals surface area contributed by atoms with Crippen LogP contribution in [0.1, 0.15) is 6.92 Å². The van der Waals surface area contributed by atoms with Gasteiger partial charge in [-0.05, 0) is 31.2 Å². The smallest absolute Gasteiger partial charge is 0.315 e. The Morgan fingerprint density at radius 2 is 2.11 bits per heavy atom. The number of carboxylic acid groups (broad SMARTS) is 1. The predicted molar refractivity (Wildman–Crippen MR) is 72.2 cm³/mol. The van der Waals surface area contributed by atoms with E-state index in [-0.39, 0.29) is 0 Å². The third kappa shape index (κ3) is 2.66. The van der Waals surface area contributed by atoms with E-state index in [0.29, 0.717) is 21.6 Å². The Morgan fingerprint density at radius 1 is 1.37 bits per heavy atom. The molecule has 1 heterocycles. The van der Waals surface area contributed by atoms with Crippen LogP contribution in [0.3, 0.4) is 0 Å². The van der Waals surface area contributed by atoms with Crippen molar-refractivity contribution in [3.8, 4) is 0 Å². The Labute approximate surface area is 114 Å². The Morgan fingerprint density at radius 3 is 2.79 bits per heavy atom. The minimum Gasteiger partial charge on any atom is -0.481 e. The maximum atomic E-state index is 11.7. The second kappa shape index (κ2) is 5.24. The van der Waals surface area contributed by atoms with Gasteiger partial charge in [0.2, 0.25) is 5.91 Å². The molecule has 98 valence electrons. The van der Waals surface area contributed by atoms with E-state index in [1.807, 2.05) is 0 Å². The molecule has 5 nitrogen and oxygen atoms in total. The maximum Gasteiger partial charge on any atom is 0.315 e. The zero-order valence-corrected chi connectivity index (χ0v) is 10.8. The van der Waals surface area contributed by atoms with Crippen LogP contribution >= 0.6 is 11.6 Å². The van der Waals surface area contributed by atoms with Gasteiger partial charge in [-0.25, -0.2) is 0 Å². The first-order valence-corrected chi connectivity index (χ1v) is 5.95. The van der Waals surface area contributed by atoms with Crippen molar-refractivity contribution in [2.75, 3.05) is 5.32 Å². The van der Waals surface area contributed by atoms with Crippen molar-refractivity contribution < 1.29 is 14.7 Å². The van der Waals surface area contributed by atoms with Gasteiger partial charge in [-0.15, -0.1) is 0 Å². The van der Waals surface area contributed by atoms with E-state index < -0.39 is 17.8 Å². The minimum atomic E-state index is -1.17. The van der Waals surface area contributed by atoms with Gasteiger partial charge < -0.3 is 10.4 Å². The fourth-order valence-corrected chi connectivity index (χ4v) is 1.81. The minimum absolute atomic E-state index is 0.472. The number of carbonyl (C=O) groups excluding carboxylic acids is 1. The summed E-state index contributed by atoms with van der Waals surface area (Å²) in [5.41, 5.74) is 1.05. The average Bonchev–Trinajstić information content (AvgIpc) is 2.41. The highest BCUT2D eigenvalue weighted by Gasteiger charge is 2.21. The summed E-state index contributed by atoms with van der Waals surface area (Å²) in [4.78, 5) is 26.6. The van der Waals surface area contributed by atoms with E-state index in [2.05, 4.69) is 10.3 Å². The first kappa shape index (κ1) is 13.3. The summed E-state index contributed by atoms with van der Waals surface area (Å²) in [7, 11) is 0. The fourth-order valence-electron chi connectivity index (χ4n) is 1.60. The Bertz CT molecular complexity index is 657. The van der Waals surface area contributed by atoms with Crippen LogP contribution in [0.25, 0.3) is 10.9 Å². The molecule has 0 bridgehead atoms. The number of rotatable bonds is 3. The van der Waals surface area contributed by atoms with Crippen molar-refractivity contribution in [2.24, 2.45) is 5.92 Å². The van der Waals surface area contributed by atoms with E-state index in [4.69, 9.17) is 16.7 Å². The van der Waals surface area contributed by atoms with E-state index in [1.165, 1.54) is 6.92 Å². The number of pyridine rings is 1. The monoisotopic (exact) mass is 278 g/mol. The number of nitrogens with zero attached hydrogens (tertiary/aromatic N) is 1. The van der Waals surface area contributed by atoms with Gasteiger partial charge >= 0.3 is 5.97 Å². The van der Waals surface area contributed by atoms with Gasteiger partial charge in [0, 0.05) is 11.6 Å². The highest BCUT2D eigenvalue weighted by atomic mass is 35.5. The van der Waals surface area contributed by atoms with Crippen molar-refractivity contribution in [3.63, 3.8) is 0 Å². The van der Waals surface area contributed by atoms with Crippen LogP contribution in [0.2, 0.25) is 5.02 Å². The molecule has 1 unspecified atom stereocenters. The molecule has 1 aromatic carbocycles. The predicted octanol–water partition coefficient (Wildman–Crippen LogP) is 2.55. The molecular formula is C13H11ClN2O3. The molecule has 2 rings (SSSR count). The molecule has 0 saturated heterocycles. The lowest BCUT2D eigenvalue weighted by Gasteiger charge is -2.11. The molecule has 1 atom stereocenters. The maximum absolute atomic E-state index is 11.7. The quantitative estimate of drug-likeness (QED) is 0.846. The third-order valence-corrected chi connectivity index (χ3v) is 3.05. The topological polar surface area (TPSA) is 79.3 Å². The van der Waals surface area contributed by atoms with Crippen molar-refractivity contribution in [1.29, 1.82) is 0 Å². The second-order valence-electron chi connectivity index (χ2n) is 4.04. The van der Waals surface area contributed by atoms with Gasteiger partial charge in [0.15, 0.2) is 0 Å². The molecule has 0 saturated carbocycles. The van der Waals surface area contributed by atoms with Crippen LogP contribution < -0.4 is 5.32 Å². The molecule has 19 heavy (non-hydrogen) atoms. The molecule has 0 spiro atoms. The number of halogens is 1. The molecule has 1 amide bonds. The summed E-state index contributed by atoms with van der Waals surface area (Å²) in [6, 6.07) is 6.71. The molecule has 0 radical (unpaired) electrons.